The number of likely N-dealkylation sites (tertiary alicyclic amines) is 1. The van der Waals surface area contributed by atoms with Crippen molar-refractivity contribution in [3.8, 4) is 5.75 Å². The van der Waals surface area contributed by atoms with Gasteiger partial charge in [0.25, 0.3) is 5.91 Å². The minimum atomic E-state index is -0.0806. The van der Waals surface area contributed by atoms with Crippen molar-refractivity contribution in [3.05, 3.63) is 23.8 Å². The Labute approximate surface area is 119 Å². The van der Waals surface area contributed by atoms with Crippen LogP contribution in [0.5, 0.6) is 5.75 Å². The Morgan fingerprint density at radius 2 is 2.15 bits per heavy atom. The van der Waals surface area contributed by atoms with Gasteiger partial charge in [0.1, 0.15) is 11.3 Å². The van der Waals surface area contributed by atoms with Gasteiger partial charge in [-0.1, -0.05) is 6.07 Å². The molecule has 0 radical (unpaired) electrons. The number of hydrogen-bond acceptors (Lipinski definition) is 4. The van der Waals surface area contributed by atoms with Crippen molar-refractivity contribution in [2.45, 2.75) is 19.8 Å². The molecule has 0 saturated carbocycles. The molecular formula is C15H22N2O3. The molecule has 20 heavy (non-hydrogen) atoms. The van der Waals surface area contributed by atoms with Crippen molar-refractivity contribution in [2.75, 3.05) is 32.0 Å². The van der Waals surface area contributed by atoms with Crippen LogP contribution in [-0.2, 0) is 0 Å². The standard InChI is InChI=1S/C15H22N2O3/c1-2-20-13-5-3-4-12(16)14(13)15(19)17-8-6-11(10-18)7-9-17/h3-5,11,18H,2,6-10,16H2,1H3. The maximum atomic E-state index is 12.6. The number of nitrogens with two attached hydrogens (primary N) is 1. The Bertz CT molecular complexity index is 468. The SMILES string of the molecule is CCOc1cccc(N)c1C(=O)N1CCC(CO)CC1. The van der Waals surface area contributed by atoms with Gasteiger partial charge >= 0.3 is 0 Å². The number of ether oxygens (including phenoxy) is 1. The second-order valence-corrected chi connectivity index (χ2v) is 5.07. The third-order valence-electron chi connectivity index (χ3n) is 3.73. The lowest BCUT2D eigenvalue weighted by molar-refractivity contribution is 0.0648. The predicted molar refractivity (Wildman–Crippen MR) is 77.7 cm³/mol. The zero-order valence-corrected chi connectivity index (χ0v) is 11.8. The Morgan fingerprint density at radius 3 is 2.75 bits per heavy atom. The lowest BCUT2D eigenvalue weighted by Crippen LogP contribution is -2.39. The van der Waals surface area contributed by atoms with Crippen LogP contribution in [0.25, 0.3) is 0 Å². The number of rotatable bonds is 4. The van der Waals surface area contributed by atoms with Crippen LogP contribution in [-0.4, -0.2) is 42.2 Å². The number of carbonyl (C=O) groups excluding carboxylic acids is 1. The Balaban J connectivity index is 2.17. The van der Waals surface area contributed by atoms with E-state index in [1.165, 1.54) is 0 Å². The highest BCUT2D eigenvalue weighted by Gasteiger charge is 2.26. The molecule has 1 aromatic rings. The molecule has 1 fully saturated rings. The summed E-state index contributed by atoms with van der Waals surface area (Å²) >= 11 is 0. The van der Waals surface area contributed by atoms with Crippen molar-refractivity contribution in [1.82, 2.24) is 4.90 Å². The maximum absolute atomic E-state index is 12.6. The van der Waals surface area contributed by atoms with Crippen LogP contribution in [0.4, 0.5) is 5.69 Å². The van der Waals surface area contributed by atoms with Gasteiger partial charge in [-0.15, -0.1) is 0 Å². The number of carbonyl (C=O) groups is 1. The fourth-order valence-corrected chi connectivity index (χ4v) is 2.53. The monoisotopic (exact) mass is 278 g/mol. The summed E-state index contributed by atoms with van der Waals surface area (Å²) in [5.41, 5.74) is 6.85. The zero-order valence-electron chi connectivity index (χ0n) is 11.8. The summed E-state index contributed by atoms with van der Waals surface area (Å²) in [5, 5.41) is 9.15. The molecule has 110 valence electrons. The van der Waals surface area contributed by atoms with Gasteiger partial charge < -0.3 is 20.5 Å². The highest BCUT2D eigenvalue weighted by molar-refractivity contribution is 6.01. The largest absolute Gasteiger partial charge is 0.493 e. The fraction of sp³-hybridized carbons (Fsp3) is 0.533. The fourth-order valence-electron chi connectivity index (χ4n) is 2.53. The summed E-state index contributed by atoms with van der Waals surface area (Å²) < 4.78 is 5.50. The Kier molecular flexibility index (Phi) is 4.84. The molecule has 0 aliphatic carbocycles. The van der Waals surface area contributed by atoms with Crippen LogP contribution in [0.3, 0.4) is 0 Å². The molecular weight excluding hydrogens is 256 g/mol. The van der Waals surface area contributed by atoms with Crippen molar-refractivity contribution in [2.24, 2.45) is 5.92 Å². The highest BCUT2D eigenvalue weighted by Crippen LogP contribution is 2.28. The van der Waals surface area contributed by atoms with E-state index in [0.717, 1.165) is 12.8 Å². The molecule has 5 nitrogen and oxygen atoms in total. The van der Waals surface area contributed by atoms with Gasteiger partial charge in [0, 0.05) is 25.4 Å². The molecule has 1 saturated heterocycles. The second-order valence-electron chi connectivity index (χ2n) is 5.07. The van der Waals surface area contributed by atoms with E-state index in [-0.39, 0.29) is 12.5 Å². The average Bonchev–Trinajstić information content (AvgIpc) is 2.47. The molecule has 0 unspecified atom stereocenters. The van der Waals surface area contributed by atoms with Gasteiger partial charge in [-0.25, -0.2) is 0 Å². The number of aliphatic hydroxyl groups is 1. The minimum Gasteiger partial charge on any atom is -0.493 e. The van der Waals surface area contributed by atoms with E-state index >= 15 is 0 Å². The molecule has 2 rings (SSSR count). The lowest BCUT2D eigenvalue weighted by Gasteiger charge is -2.31. The van der Waals surface area contributed by atoms with E-state index in [2.05, 4.69) is 0 Å². The van der Waals surface area contributed by atoms with E-state index in [1.54, 1.807) is 23.1 Å². The molecule has 5 heteroatoms. The quantitative estimate of drug-likeness (QED) is 0.819. The summed E-state index contributed by atoms with van der Waals surface area (Å²) in [6.45, 7) is 3.88. The van der Waals surface area contributed by atoms with Crippen molar-refractivity contribution in [1.29, 1.82) is 0 Å². The summed E-state index contributed by atoms with van der Waals surface area (Å²) in [7, 11) is 0. The first-order valence-electron chi connectivity index (χ1n) is 7.08. The van der Waals surface area contributed by atoms with Crippen LogP contribution in [0.2, 0.25) is 0 Å². The van der Waals surface area contributed by atoms with E-state index in [0.29, 0.717) is 42.6 Å². The molecule has 0 atom stereocenters. The first-order chi connectivity index (χ1) is 9.67. The highest BCUT2D eigenvalue weighted by atomic mass is 16.5. The van der Waals surface area contributed by atoms with Crippen molar-refractivity contribution < 1.29 is 14.6 Å². The number of benzene rings is 1. The smallest absolute Gasteiger partial charge is 0.259 e. The van der Waals surface area contributed by atoms with Crippen LogP contribution < -0.4 is 10.5 Å². The molecule has 1 aliphatic heterocycles. The molecule has 1 aromatic carbocycles. The molecule has 1 amide bonds. The molecule has 0 spiro atoms. The van der Waals surface area contributed by atoms with Crippen LogP contribution in [0, 0.1) is 5.92 Å². The predicted octanol–water partition coefficient (Wildman–Crippen LogP) is 1.51. The number of nitrogens with zero attached hydrogens (tertiary/aromatic N) is 1. The summed E-state index contributed by atoms with van der Waals surface area (Å²) in [6, 6.07) is 5.28. The van der Waals surface area contributed by atoms with E-state index < -0.39 is 0 Å². The van der Waals surface area contributed by atoms with Crippen LogP contribution >= 0.6 is 0 Å². The molecule has 3 N–H and O–H groups in total. The Morgan fingerprint density at radius 1 is 1.45 bits per heavy atom. The average molecular weight is 278 g/mol. The summed E-state index contributed by atoms with van der Waals surface area (Å²) in [6.07, 6.45) is 1.66. The zero-order chi connectivity index (χ0) is 14.5. The van der Waals surface area contributed by atoms with Gasteiger partial charge in [-0.3, -0.25) is 4.79 Å². The third kappa shape index (κ3) is 3.04. The normalized spacial score (nSPS) is 16.2. The summed E-state index contributed by atoms with van der Waals surface area (Å²) in [4.78, 5) is 14.4. The first-order valence-corrected chi connectivity index (χ1v) is 7.08. The Hall–Kier alpha value is -1.75. The number of nitrogen functional groups attached to an aromatic ring is 1. The summed E-state index contributed by atoms with van der Waals surface area (Å²) in [5.74, 6) is 0.767. The first kappa shape index (κ1) is 14.7. The van der Waals surface area contributed by atoms with Crippen molar-refractivity contribution >= 4 is 11.6 Å². The number of hydrogen-bond donors (Lipinski definition) is 2. The van der Waals surface area contributed by atoms with Gasteiger partial charge in [-0.2, -0.15) is 0 Å². The number of amides is 1. The molecule has 1 aliphatic rings. The van der Waals surface area contributed by atoms with Gasteiger partial charge in [-0.05, 0) is 37.8 Å². The van der Waals surface area contributed by atoms with Crippen LogP contribution in [0.1, 0.15) is 30.1 Å². The van der Waals surface area contributed by atoms with Gasteiger partial charge in [0.2, 0.25) is 0 Å². The van der Waals surface area contributed by atoms with Crippen LogP contribution in [0.15, 0.2) is 18.2 Å². The number of piperidine rings is 1. The number of aliphatic hydroxyl groups excluding tert-OH is 1. The van der Waals surface area contributed by atoms with E-state index in [1.807, 2.05) is 6.92 Å². The second kappa shape index (κ2) is 6.61. The molecule has 1 heterocycles. The number of anilines is 1. The molecule has 0 bridgehead atoms. The topological polar surface area (TPSA) is 75.8 Å². The van der Waals surface area contributed by atoms with Gasteiger partial charge in [0.15, 0.2) is 0 Å². The van der Waals surface area contributed by atoms with Gasteiger partial charge in [0.05, 0.1) is 6.61 Å². The maximum Gasteiger partial charge on any atom is 0.259 e. The molecule has 0 aromatic heterocycles. The van der Waals surface area contributed by atoms with E-state index in [4.69, 9.17) is 15.6 Å². The minimum absolute atomic E-state index is 0.0806. The third-order valence-corrected chi connectivity index (χ3v) is 3.73. The van der Waals surface area contributed by atoms with E-state index in [9.17, 15) is 4.79 Å². The lowest BCUT2D eigenvalue weighted by atomic mass is 9.97. The van der Waals surface area contributed by atoms with Crippen molar-refractivity contribution in [3.63, 3.8) is 0 Å².